The number of hydrogen-bond acceptors (Lipinski definition) is 4. The number of halogens is 1. The Labute approximate surface area is 161 Å². The van der Waals surface area contributed by atoms with Gasteiger partial charge in [0.1, 0.15) is 13.2 Å². The minimum absolute atomic E-state index is 0.0115. The fraction of sp³-hybridized carbons (Fsp3) is 0.421. The van der Waals surface area contributed by atoms with Gasteiger partial charge in [0.2, 0.25) is 5.91 Å². The molecule has 2 heterocycles. The van der Waals surface area contributed by atoms with Crippen molar-refractivity contribution in [1.29, 1.82) is 0 Å². The normalized spacial score (nSPS) is 22.6. The molecule has 27 heavy (non-hydrogen) atoms. The number of nitrogens with zero attached hydrogens (tertiary/aromatic N) is 1. The van der Waals surface area contributed by atoms with E-state index in [2.05, 4.69) is 10.6 Å². The number of cyclic esters (lactones) is 1. The van der Waals surface area contributed by atoms with Crippen molar-refractivity contribution in [1.82, 2.24) is 15.5 Å². The molecular formula is C19H20ClN3O4. The third-order valence-electron chi connectivity index (χ3n) is 5.22. The average Bonchev–Trinajstić information content (AvgIpc) is 3.28. The highest BCUT2D eigenvalue weighted by molar-refractivity contribution is 6.30. The van der Waals surface area contributed by atoms with E-state index < -0.39 is 18.0 Å². The van der Waals surface area contributed by atoms with Crippen molar-refractivity contribution >= 4 is 29.5 Å². The number of urea groups is 1. The average molecular weight is 390 g/mol. The zero-order valence-electron chi connectivity index (χ0n) is 14.7. The maximum Gasteiger partial charge on any atom is 0.338 e. The first-order chi connectivity index (χ1) is 13.0. The summed E-state index contributed by atoms with van der Waals surface area (Å²) in [4.78, 5) is 38.6. The van der Waals surface area contributed by atoms with Crippen LogP contribution >= 0.6 is 11.6 Å². The Morgan fingerprint density at radius 2 is 1.93 bits per heavy atom. The van der Waals surface area contributed by atoms with Crippen LogP contribution in [0, 0.1) is 0 Å². The largest absolute Gasteiger partial charge is 0.456 e. The van der Waals surface area contributed by atoms with Crippen LogP contribution in [-0.4, -0.2) is 42.0 Å². The van der Waals surface area contributed by atoms with Crippen molar-refractivity contribution in [3.63, 3.8) is 0 Å². The number of rotatable bonds is 4. The second-order valence-electron chi connectivity index (χ2n) is 7.01. The lowest BCUT2D eigenvalue weighted by molar-refractivity contribution is -0.136. The summed E-state index contributed by atoms with van der Waals surface area (Å²) in [6.45, 7) is -0.145. The van der Waals surface area contributed by atoms with Crippen molar-refractivity contribution in [3.05, 3.63) is 46.1 Å². The molecular weight excluding hydrogens is 370 g/mol. The molecule has 2 N–H and O–H groups in total. The number of esters is 1. The molecule has 1 aliphatic carbocycles. The zero-order chi connectivity index (χ0) is 19.0. The van der Waals surface area contributed by atoms with Gasteiger partial charge in [-0.15, -0.1) is 0 Å². The monoisotopic (exact) mass is 389 g/mol. The van der Waals surface area contributed by atoms with Crippen molar-refractivity contribution in [2.75, 3.05) is 13.2 Å². The Morgan fingerprint density at radius 3 is 2.63 bits per heavy atom. The molecule has 0 aromatic heterocycles. The number of hydrogen-bond donors (Lipinski definition) is 2. The Morgan fingerprint density at radius 1 is 1.22 bits per heavy atom. The molecule has 1 saturated carbocycles. The lowest BCUT2D eigenvalue weighted by atomic mass is 9.96. The number of carbonyl (C=O) groups excluding carboxylic acids is 3. The van der Waals surface area contributed by atoms with E-state index in [-0.39, 0.29) is 25.1 Å². The van der Waals surface area contributed by atoms with E-state index in [1.807, 2.05) is 0 Å². The Hall–Kier alpha value is -2.54. The molecule has 4 rings (SSSR count). The van der Waals surface area contributed by atoms with Crippen molar-refractivity contribution in [3.8, 4) is 0 Å². The fourth-order valence-corrected chi connectivity index (χ4v) is 4.00. The van der Waals surface area contributed by atoms with Crippen LogP contribution in [0.15, 0.2) is 35.5 Å². The van der Waals surface area contributed by atoms with Crippen LogP contribution in [-0.2, 0) is 14.3 Å². The summed E-state index contributed by atoms with van der Waals surface area (Å²) in [7, 11) is 0. The molecule has 2 aliphatic heterocycles. The molecule has 1 aromatic carbocycles. The summed E-state index contributed by atoms with van der Waals surface area (Å²) >= 11 is 5.93. The van der Waals surface area contributed by atoms with E-state index in [4.69, 9.17) is 16.3 Å². The standard InChI is InChI=1S/C19H20ClN3O4/c20-12-7-5-11(6-8-12)17-16-14(10-27-18(16)25)23(19(26)22-17)9-15(24)21-13-3-1-2-4-13/h5-8,13,17H,1-4,9-10H2,(H,21,24)(H,22,26)/t17-/m1/s1. The van der Waals surface area contributed by atoms with E-state index in [0.29, 0.717) is 16.3 Å². The van der Waals surface area contributed by atoms with Crippen LogP contribution in [0.1, 0.15) is 37.3 Å². The van der Waals surface area contributed by atoms with Gasteiger partial charge >= 0.3 is 12.0 Å². The van der Waals surface area contributed by atoms with E-state index in [0.717, 1.165) is 31.2 Å². The van der Waals surface area contributed by atoms with Gasteiger partial charge < -0.3 is 15.4 Å². The molecule has 0 saturated heterocycles. The predicted octanol–water partition coefficient (Wildman–Crippen LogP) is 2.28. The summed E-state index contributed by atoms with van der Waals surface area (Å²) in [6.07, 6.45) is 4.14. The van der Waals surface area contributed by atoms with Gasteiger partial charge in [-0.25, -0.2) is 9.59 Å². The minimum Gasteiger partial charge on any atom is -0.456 e. The fourth-order valence-electron chi connectivity index (χ4n) is 3.87. The molecule has 8 heteroatoms. The van der Waals surface area contributed by atoms with E-state index in [9.17, 15) is 14.4 Å². The van der Waals surface area contributed by atoms with Crippen molar-refractivity contribution in [2.24, 2.45) is 0 Å². The van der Waals surface area contributed by atoms with Crippen LogP contribution in [0.2, 0.25) is 5.02 Å². The maximum atomic E-state index is 12.7. The summed E-state index contributed by atoms with van der Waals surface area (Å²) in [5.74, 6) is -0.709. The van der Waals surface area contributed by atoms with Gasteiger partial charge in [0.05, 0.1) is 17.3 Å². The third kappa shape index (κ3) is 3.51. The maximum absolute atomic E-state index is 12.7. The molecule has 142 valence electrons. The van der Waals surface area contributed by atoms with Gasteiger partial charge in [-0.1, -0.05) is 36.6 Å². The number of benzene rings is 1. The van der Waals surface area contributed by atoms with E-state index >= 15 is 0 Å². The Bertz CT molecular complexity index is 815. The van der Waals surface area contributed by atoms with Gasteiger partial charge in [0.25, 0.3) is 0 Å². The van der Waals surface area contributed by atoms with Gasteiger partial charge in [0.15, 0.2) is 0 Å². The quantitative estimate of drug-likeness (QED) is 0.773. The smallest absolute Gasteiger partial charge is 0.338 e. The first-order valence-corrected chi connectivity index (χ1v) is 9.44. The zero-order valence-corrected chi connectivity index (χ0v) is 15.4. The molecule has 1 atom stereocenters. The summed E-state index contributed by atoms with van der Waals surface area (Å²) in [5.41, 5.74) is 1.55. The van der Waals surface area contributed by atoms with Crippen LogP contribution in [0.3, 0.4) is 0 Å². The lowest BCUT2D eigenvalue weighted by Gasteiger charge is -2.32. The number of ether oxygens (including phenoxy) is 1. The first kappa shape index (κ1) is 17.9. The second kappa shape index (κ2) is 7.23. The highest BCUT2D eigenvalue weighted by Crippen LogP contribution is 2.35. The number of amides is 3. The highest BCUT2D eigenvalue weighted by atomic mass is 35.5. The summed E-state index contributed by atoms with van der Waals surface area (Å²) < 4.78 is 5.16. The van der Waals surface area contributed by atoms with Crippen LogP contribution in [0.25, 0.3) is 0 Å². The molecule has 0 bridgehead atoms. The molecule has 1 aromatic rings. The van der Waals surface area contributed by atoms with Crippen LogP contribution in [0.4, 0.5) is 4.79 Å². The molecule has 0 unspecified atom stereocenters. The van der Waals surface area contributed by atoms with Gasteiger partial charge in [-0.2, -0.15) is 0 Å². The van der Waals surface area contributed by atoms with Crippen LogP contribution < -0.4 is 10.6 Å². The molecule has 3 amide bonds. The minimum atomic E-state index is -0.617. The van der Waals surface area contributed by atoms with E-state index in [1.54, 1.807) is 24.3 Å². The molecule has 7 nitrogen and oxygen atoms in total. The summed E-state index contributed by atoms with van der Waals surface area (Å²) in [6, 6.07) is 6.04. The van der Waals surface area contributed by atoms with Crippen LogP contribution in [0.5, 0.6) is 0 Å². The van der Waals surface area contributed by atoms with Gasteiger partial charge in [-0.05, 0) is 30.5 Å². The second-order valence-corrected chi connectivity index (χ2v) is 7.44. The Kier molecular flexibility index (Phi) is 4.78. The predicted molar refractivity (Wildman–Crippen MR) is 97.8 cm³/mol. The topological polar surface area (TPSA) is 87.7 Å². The SMILES string of the molecule is O=C(CN1C(=O)N[C@H](c2ccc(Cl)cc2)C2=C1COC2=O)NC1CCCC1. The van der Waals surface area contributed by atoms with Gasteiger partial charge in [-0.3, -0.25) is 9.69 Å². The van der Waals surface area contributed by atoms with Gasteiger partial charge in [0, 0.05) is 11.1 Å². The molecule has 3 aliphatic rings. The number of nitrogens with one attached hydrogen (secondary N) is 2. The van der Waals surface area contributed by atoms with Crippen molar-refractivity contribution in [2.45, 2.75) is 37.8 Å². The van der Waals surface area contributed by atoms with E-state index in [1.165, 1.54) is 4.90 Å². The highest BCUT2D eigenvalue weighted by Gasteiger charge is 2.42. The van der Waals surface area contributed by atoms with Crippen molar-refractivity contribution < 1.29 is 19.1 Å². The number of carbonyl (C=O) groups is 3. The molecule has 0 spiro atoms. The molecule has 1 fully saturated rings. The summed E-state index contributed by atoms with van der Waals surface area (Å²) in [5, 5.41) is 6.34. The first-order valence-electron chi connectivity index (χ1n) is 9.06. The third-order valence-corrected chi connectivity index (χ3v) is 5.48. The molecule has 0 radical (unpaired) electrons. The Balaban J connectivity index is 1.57. The lowest BCUT2D eigenvalue weighted by Crippen LogP contribution is -2.51.